The summed E-state index contributed by atoms with van der Waals surface area (Å²) >= 11 is 1.55. The second-order valence-electron chi connectivity index (χ2n) is 6.49. The first-order chi connectivity index (χ1) is 11.1. The molecule has 0 radical (unpaired) electrons. The molecule has 1 unspecified atom stereocenters. The maximum atomic E-state index is 11.2. The van der Waals surface area contributed by atoms with Crippen molar-refractivity contribution in [3.8, 4) is 0 Å². The van der Waals surface area contributed by atoms with Gasteiger partial charge in [0.05, 0.1) is 0 Å². The predicted octanol–water partition coefficient (Wildman–Crippen LogP) is 3.82. The molecule has 1 saturated carbocycles. The summed E-state index contributed by atoms with van der Waals surface area (Å²) in [5.41, 5.74) is 1.80. The van der Waals surface area contributed by atoms with Crippen LogP contribution < -0.4 is 5.30 Å². The zero-order valence-electron chi connectivity index (χ0n) is 14.1. The molecule has 5 heteroatoms. The third kappa shape index (κ3) is 2.99. The monoisotopic (exact) mass is 347 g/mol. The van der Waals surface area contributed by atoms with Crippen LogP contribution in [0.3, 0.4) is 0 Å². The molecule has 1 atom stereocenters. The smallest absolute Gasteiger partial charge is 0.276 e. The van der Waals surface area contributed by atoms with E-state index < -0.39 is 7.70 Å². The lowest BCUT2D eigenvalue weighted by atomic mass is 9.77. The van der Waals surface area contributed by atoms with Gasteiger partial charge in [-0.2, -0.15) is 0 Å². The molecule has 1 spiro atoms. The van der Waals surface area contributed by atoms with E-state index in [1.165, 1.54) is 43.0 Å². The first-order valence-corrected chi connectivity index (χ1v) is 10.7. The van der Waals surface area contributed by atoms with E-state index in [0.717, 1.165) is 11.6 Å². The van der Waals surface area contributed by atoms with E-state index in [4.69, 9.17) is 4.76 Å². The molecular formula is C18H24N2OPS+. The fourth-order valence-corrected chi connectivity index (χ4v) is 7.11. The van der Waals surface area contributed by atoms with Crippen molar-refractivity contribution < 1.29 is 4.79 Å². The zero-order chi connectivity index (χ0) is 16.4. The predicted molar refractivity (Wildman–Crippen MR) is 103 cm³/mol. The molecule has 0 bridgehead atoms. The number of carbonyl (C=O) groups is 1. The Morgan fingerprint density at radius 3 is 2.70 bits per heavy atom. The van der Waals surface area contributed by atoms with E-state index in [1.807, 2.05) is 6.26 Å². The van der Waals surface area contributed by atoms with Crippen molar-refractivity contribution in [2.45, 2.75) is 39.0 Å². The van der Waals surface area contributed by atoms with Crippen molar-refractivity contribution in [3.05, 3.63) is 29.8 Å². The second-order valence-corrected chi connectivity index (χ2v) is 9.24. The molecule has 1 aliphatic carbocycles. The minimum atomic E-state index is -0.708. The van der Waals surface area contributed by atoms with Crippen LogP contribution in [0.25, 0.3) is 0 Å². The summed E-state index contributed by atoms with van der Waals surface area (Å²) in [6.45, 7) is 2.31. The Hall–Kier alpha value is -1.12. The van der Waals surface area contributed by atoms with E-state index in [0.29, 0.717) is 5.41 Å². The molecule has 1 amide bonds. The highest BCUT2D eigenvalue weighted by atomic mass is 32.2. The molecule has 0 saturated heterocycles. The van der Waals surface area contributed by atoms with E-state index in [-0.39, 0.29) is 0 Å². The average molecular weight is 347 g/mol. The van der Waals surface area contributed by atoms with Crippen molar-refractivity contribution in [3.63, 3.8) is 0 Å². The Morgan fingerprint density at radius 1 is 1.35 bits per heavy atom. The van der Waals surface area contributed by atoms with Gasteiger partial charge in [0, 0.05) is 18.0 Å². The maximum Gasteiger partial charge on any atom is 0.276 e. The van der Waals surface area contributed by atoms with Crippen molar-refractivity contribution in [1.82, 2.24) is 4.90 Å². The van der Waals surface area contributed by atoms with Gasteiger partial charge in [0.15, 0.2) is 5.30 Å². The van der Waals surface area contributed by atoms with Gasteiger partial charge in [0.1, 0.15) is 5.29 Å². The van der Waals surface area contributed by atoms with Gasteiger partial charge >= 0.3 is 0 Å². The molecule has 1 aromatic rings. The van der Waals surface area contributed by atoms with E-state index in [2.05, 4.69) is 31.2 Å². The first-order valence-electron chi connectivity index (χ1n) is 8.14. The van der Waals surface area contributed by atoms with Crippen LogP contribution in [0, 0.1) is 5.41 Å². The topological polar surface area (TPSA) is 32.7 Å². The third-order valence-electron chi connectivity index (χ3n) is 5.22. The quantitative estimate of drug-likeness (QED) is 0.353. The van der Waals surface area contributed by atoms with Crippen LogP contribution in [0.15, 0.2) is 29.0 Å². The molecule has 122 valence electrons. The minimum absolute atomic E-state index is 0.340. The Labute approximate surface area is 144 Å². The van der Waals surface area contributed by atoms with Crippen LogP contribution in [0.1, 0.15) is 38.2 Å². The number of carbonyl (C=O) groups excluding carboxylic acids is 1. The molecule has 1 heterocycles. The Kier molecular flexibility index (Phi) is 4.93. The van der Waals surface area contributed by atoms with Crippen molar-refractivity contribution in [1.29, 1.82) is 0 Å². The van der Waals surface area contributed by atoms with Crippen molar-refractivity contribution in [2.24, 2.45) is 10.2 Å². The normalized spacial score (nSPS) is 21.4. The number of rotatable bonds is 2. The fourth-order valence-electron chi connectivity index (χ4n) is 3.87. The highest BCUT2D eigenvalue weighted by Gasteiger charge is 2.47. The van der Waals surface area contributed by atoms with E-state index >= 15 is 0 Å². The van der Waals surface area contributed by atoms with Gasteiger partial charge in [-0.15, -0.1) is 0 Å². The summed E-state index contributed by atoms with van der Waals surface area (Å²) in [4.78, 5) is 12.8. The SMILES string of the molecule is CSC(=N[P+]1=C(C)C2(CCCC2)Cc2ccccc21)N(C)C=O. The molecule has 1 aliphatic heterocycles. The number of amides is 1. The molecular weight excluding hydrogens is 323 g/mol. The third-order valence-corrected chi connectivity index (χ3v) is 8.49. The highest BCUT2D eigenvalue weighted by Crippen LogP contribution is 2.50. The molecule has 1 fully saturated rings. The van der Waals surface area contributed by atoms with E-state index in [9.17, 15) is 4.79 Å². The van der Waals surface area contributed by atoms with Crippen LogP contribution in [0.2, 0.25) is 0 Å². The van der Waals surface area contributed by atoms with Crippen LogP contribution in [0.5, 0.6) is 0 Å². The van der Waals surface area contributed by atoms with Crippen LogP contribution in [-0.4, -0.2) is 35.1 Å². The Morgan fingerprint density at radius 2 is 2.04 bits per heavy atom. The summed E-state index contributed by atoms with van der Waals surface area (Å²) in [6.07, 6.45) is 9.25. The fraction of sp³-hybridized carbons (Fsp3) is 0.500. The summed E-state index contributed by atoms with van der Waals surface area (Å²) in [5.74, 6) is 0. The molecule has 0 N–H and O–H groups in total. The van der Waals surface area contributed by atoms with Gasteiger partial charge in [-0.3, -0.25) is 9.69 Å². The van der Waals surface area contributed by atoms with E-state index in [1.54, 1.807) is 29.0 Å². The maximum absolute atomic E-state index is 11.2. The van der Waals surface area contributed by atoms with Crippen LogP contribution in [-0.2, 0) is 11.2 Å². The van der Waals surface area contributed by atoms with Crippen molar-refractivity contribution >= 4 is 41.6 Å². The number of hydrogen-bond acceptors (Lipinski definition) is 3. The lowest BCUT2D eigenvalue weighted by molar-refractivity contribution is -0.113. The number of thioether (sulfide) groups is 1. The Bertz CT molecular complexity index is 677. The number of hydrogen-bond donors (Lipinski definition) is 0. The summed E-state index contributed by atoms with van der Waals surface area (Å²) in [5, 5.41) is 3.74. The van der Waals surface area contributed by atoms with Gasteiger partial charge in [0.25, 0.3) is 7.70 Å². The lowest BCUT2D eigenvalue weighted by Gasteiger charge is -2.30. The van der Waals surface area contributed by atoms with Crippen molar-refractivity contribution in [2.75, 3.05) is 13.3 Å². The second kappa shape index (κ2) is 6.78. The largest absolute Gasteiger partial charge is 0.294 e. The van der Waals surface area contributed by atoms with Gasteiger partial charge in [0.2, 0.25) is 11.6 Å². The molecule has 1 aromatic carbocycles. The molecule has 3 nitrogen and oxygen atoms in total. The average Bonchev–Trinajstić information content (AvgIpc) is 3.04. The standard InChI is InChI=1S/C18H24N2OPS/c1-14-18(10-6-7-11-18)12-15-8-4-5-9-16(15)22(14)19-17(23-3)20(2)13-21/h4-5,8-9,13H,6-7,10-12H2,1-3H3/q+1. The lowest BCUT2D eigenvalue weighted by Crippen LogP contribution is -2.35. The number of nitrogens with zero attached hydrogens (tertiary/aromatic N) is 2. The number of fused-ring (bicyclic) bond motifs is 1. The summed E-state index contributed by atoms with van der Waals surface area (Å²) in [7, 11) is 1.08. The Balaban J connectivity index is 2.16. The van der Waals surface area contributed by atoms with Gasteiger partial charge < -0.3 is 0 Å². The summed E-state index contributed by atoms with van der Waals surface area (Å²) in [6, 6.07) is 8.77. The van der Waals surface area contributed by atoms with Gasteiger partial charge in [-0.25, -0.2) is 0 Å². The molecule has 3 rings (SSSR count). The summed E-state index contributed by atoms with van der Waals surface area (Å²) < 4.78 is 5.07. The molecule has 0 aromatic heterocycles. The van der Waals surface area contributed by atoms with Gasteiger partial charge in [-0.1, -0.05) is 42.8 Å². The molecule has 2 aliphatic rings. The first kappa shape index (κ1) is 16.7. The minimum Gasteiger partial charge on any atom is -0.294 e. The highest BCUT2D eigenvalue weighted by molar-refractivity contribution is 8.13. The molecule has 23 heavy (non-hydrogen) atoms. The number of amidine groups is 1. The van der Waals surface area contributed by atoms with Crippen LogP contribution >= 0.6 is 19.5 Å². The zero-order valence-corrected chi connectivity index (χ0v) is 15.8. The number of benzene rings is 1. The van der Waals surface area contributed by atoms with Crippen LogP contribution in [0.4, 0.5) is 0 Å². The van der Waals surface area contributed by atoms with Gasteiger partial charge in [-0.05, 0) is 43.3 Å².